The molecule has 0 aromatic carbocycles. The lowest BCUT2D eigenvalue weighted by Gasteiger charge is -2.39. The van der Waals surface area contributed by atoms with E-state index in [1.807, 2.05) is 0 Å². The number of halogens is 1. The number of hydrogen-bond donors (Lipinski definition) is 1. The summed E-state index contributed by atoms with van der Waals surface area (Å²) < 4.78 is 18.0. The lowest BCUT2D eigenvalue weighted by atomic mass is 9.78. The molecule has 1 saturated heterocycles. The quantitative estimate of drug-likeness (QED) is 0.797. The predicted molar refractivity (Wildman–Crippen MR) is 67.4 cm³/mol. The third kappa shape index (κ3) is 3.45. The van der Waals surface area contributed by atoms with Gasteiger partial charge in [0.15, 0.2) is 0 Å². The van der Waals surface area contributed by atoms with Gasteiger partial charge in [-0.2, -0.15) is 0 Å². The number of hydrogen-bond acceptors (Lipinski definition) is 3. The average Bonchev–Trinajstić information content (AvgIpc) is 2.26. The van der Waals surface area contributed by atoms with Crippen molar-refractivity contribution in [1.82, 2.24) is 4.90 Å². The van der Waals surface area contributed by atoms with Gasteiger partial charge in [-0.25, -0.2) is 9.18 Å². The Morgan fingerprint density at radius 3 is 2.47 bits per heavy atom. The number of likely N-dealkylation sites (tertiary alicyclic amines) is 1. The average molecular weight is 273 g/mol. The van der Waals surface area contributed by atoms with Gasteiger partial charge in [0, 0.05) is 13.1 Å². The number of ether oxygens (including phenoxy) is 1. The third-order valence-electron chi connectivity index (χ3n) is 3.12. The van der Waals surface area contributed by atoms with Crippen LogP contribution in [0.25, 0.3) is 0 Å². The molecule has 0 aliphatic carbocycles. The lowest BCUT2D eigenvalue weighted by molar-refractivity contribution is -0.147. The molecule has 1 amide bonds. The molecule has 1 N–H and O–H groups in total. The van der Waals surface area contributed by atoms with Gasteiger partial charge in [0.05, 0.1) is 6.33 Å². The van der Waals surface area contributed by atoms with Crippen LogP contribution in [-0.4, -0.2) is 40.8 Å². The van der Waals surface area contributed by atoms with Crippen LogP contribution in [0.4, 0.5) is 9.18 Å². The van der Waals surface area contributed by atoms with Gasteiger partial charge in [0.1, 0.15) is 11.0 Å². The van der Waals surface area contributed by atoms with Gasteiger partial charge >= 0.3 is 12.1 Å². The number of carbonyl (C=O) groups is 2. The molecule has 0 aromatic heterocycles. The molecule has 0 spiro atoms. The van der Waals surface area contributed by atoms with Crippen LogP contribution in [-0.2, 0) is 9.53 Å². The summed E-state index contributed by atoms with van der Waals surface area (Å²) in [6, 6.07) is 0. The van der Waals surface area contributed by atoms with E-state index < -0.39 is 23.1 Å². The first-order chi connectivity index (χ1) is 8.60. The summed E-state index contributed by atoms with van der Waals surface area (Å²) in [5.74, 6) is -1.15. The maximum absolute atomic E-state index is 12.8. The SMILES string of the molecule is CC(C)(C)OC(=O)N1CC/C(=C\F)C(C)(C(=O)O)C1. The molecule has 108 valence electrons. The summed E-state index contributed by atoms with van der Waals surface area (Å²) in [4.78, 5) is 24.5. The Morgan fingerprint density at radius 1 is 1.47 bits per heavy atom. The van der Waals surface area contributed by atoms with Crippen molar-refractivity contribution in [2.24, 2.45) is 5.41 Å². The molecule has 1 aliphatic rings. The summed E-state index contributed by atoms with van der Waals surface area (Å²) in [6.07, 6.45) is -0.0445. The fourth-order valence-electron chi connectivity index (χ4n) is 1.96. The van der Waals surface area contributed by atoms with Crippen molar-refractivity contribution in [3.05, 3.63) is 11.9 Å². The lowest BCUT2D eigenvalue weighted by Crippen LogP contribution is -2.50. The second-order valence-electron chi connectivity index (χ2n) is 5.92. The van der Waals surface area contributed by atoms with Crippen LogP contribution < -0.4 is 0 Å². The maximum atomic E-state index is 12.8. The van der Waals surface area contributed by atoms with Gasteiger partial charge in [0.2, 0.25) is 0 Å². The van der Waals surface area contributed by atoms with Crippen LogP contribution in [0.3, 0.4) is 0 Å². The topological polar surface area (TPSA) is 66.8 Å². The van der Waals surface area contributed by atoms with Crippen molar-refractivity contribution in [2.75, 3.05) is 13.1 Å². The number of carbonyl (C=O) groups excluding carboxylic acids is 1. The fraction of sp³-hybridized carbons (Fsp3) is 0.692. The number of nitrogens with zero attached hydrogens (tertiary/aromatic N) is 1. The standard InChI is InChI=1S/C13H20FNO4/c1-12(2,3)19-11(18)15-6-5-9(7-14)13(4,8-15)10(16)17/h7H,5-6,8H2,1-4H3,(H,16,17)/b9-7+. The Balaban J connectivity index is 2.88. The minimum atomic E-state index is -1.40. The Hall–Kier alpha value is -1.59. The van der Waals surface area contributed by atoms with Gasteiger partial charge < -0.3 is 14.7 Å². The highest BCUT2D eigenvalue weighted by molar-refractivity contribution is 5.80. The van der Waals surface area contributed by atoms with E-state index in [4.69, 9.17) is 4.74 Å². The molecule has 5 nitrogen and oxygen atoms in total. The van der Waals surface area contributed by atoms with Crippen LogP contribution in [0.5, 0.6) is 0 Å². The number of rotatable bonds is 1. The van der Waals surface area contributed by atoms with Crippen LogP contribution >= 0.6 is 0 Å². The maximum Gasteiger partial charge on any atom is 0.410 e. The highest BCUT2D eigenvalue weighted by Gasteiger charge is 2.44. The van der Waals surface area contributed by atoms with Crippen LogP contribution in [0, 0.1) is 5.41 Å². The molecule has 0 saturated carbocycles. The summed E-state index contributed by atoms with van der Waals surface area (Å²) >= 11 is 0. The number of carboxylic acids is 1. The van der Waals surface area contributed by atoms with Crippen molar-refractivity contribution in [3.63, 3.8) is 0 Å². The molecule has 19 heavy (non-hydrogen) atoms. The Morgan fingerprint density at radius 2 is 2.05 bits per heavy atom. The van der Waals surface area contributed by atoms with E-state index in [1.165, 1.54) is 11.8 Å². The molecule has 1 rings (SSSR count). The van der Waals surface area contributed by atoms with Crippen molar-refractivity contribution < 1.29 is 23.8 Å². The molecular formula is C13H20FNO4. The highest BCUT2D eigenvalue weighted by Crippen LogP contribution is 2.35. The Kier molecular flexibility index (Phi) is 4.22. The molecule has 0 aromatic rings. The van der Waals surface area contributed by atoms with Crippen LogP contribution in [0.2, 0.25) is 0 Å². The largest absolute Gasteiger partial charge is 0.481 e. The molecule has 1 aliphatic heterocycles. The zero-order chi connectivity index (χ0) is 14.8. The van der Waals surface area contributed by atoms with Crippen molar-refractivity contribution in [3.8, 4) is 0 Å². The first-order valence-electron chi connectivity index (χ1n) is 6.11. The number of amides is 1. The highest BCUT2D eigenvalue weighted by atomic mass is 19.1. The molecule has 1 fully saturated rings. The van der Waals surface area contributed by atoms with E-state index in [2.05, 4.69) is 0 Å². The van der Waals surface area contributed by atoms with Crippen LogP contribution in [0.15, 0.2) is 11.9 Å². The second kappa shape index (κ2) is 5.19. The summed E-state index contributed by atoms with van der Waals surface area (Å²) in [7, 11) is 0. The van der Waals surface area contributed by atoms with Crippen molar-refractivity contribution >= 4 is 12.1 Å². The molecular weight excluding hydrogens is 253 g/mol. The first-order valence-corrected chi connectivity index (χ1v) is 6.11. The fourth-order valence-corrected chi connectivity index (χ4v) is 1.96. The molecule has 0 radical (unpaired) electrons. The smallest absolute Gasteiger partial charge is 0.410 e. The van der Waals surface area contributed by atoms with E-state index in [9.17, 15) is 19.1 Å². The number of aliphatic carboxylic acids is 1. The van der Waals surface area contributed by atoms with Gasteiger partial charge in [-0.3, -0.25) is 4.79 Å². The third-order valence-corrected chi connectivity index (χ3v) is 3.12. The number of piperidine rings is 1. The van der Waals surface area contributed by atoms with E-state index in [0.717, 1.165) is 0 Å². The molecule has 1 unspecified atom stereocenters. The normalized spacial score (nSPS) is 26.4. The summed E-state index contributed by atoms with van der Waals surface area (Å²) in [5.41, 5.74) is -1.85. The van der Waals surface area contributed by atoms with Gasteiger partial charge in [-0.05, 0) is 39.7 Å². The van der Waals surface area contributed by atoms with Crippen molar-refractivity contribution in [1.29, 1.82) is 0 Å². The minimum absolute atomic E-state index is 0.0903. The Labute approximate surface area is 112 Å². The molecule has 0 bridgehead atoms. The zero-order valence-electron chi connectivity index (χ0n) is 11.7. The second-order valence-corrected chi connectivity index (χ2v) is 5.92. The summed E-state index contributed by atoms with van der Waals surface area (Å²) in [5, 5.41) is 9.24. The van der Waals surface area contributed by atoms with Gasteiger partial charge in [-0.15, -0.1) is 0 Å². The van der Waals surface area contributed by atoms with Gasteiger partial charge in [0.25, 0.3) is 0 Å². The minimum Gasteiger partial charge on any atom is -0.481 e. The Bertz CT molecular complexity index is 413. The van der Waals surface area contributed by atoms with E-state index >= 15 is 0 Å². The first kappa shape index (κ1) is 15.5. The molecule has 1 atom stereocenters. The predicted octanol–water partition coefficient (Wildman–Crippen LogP) is 2.57. The monoisotopic (exact) mass is 273 g/mol. The zero-order valence-corrected chi connectivity index (χ0v) is 11.7. The van der Waals surface area contributed by atoms with E-state index in [0.29, 0.717) is 6.33 Å². The molecule has 1 heterocycles. The molecule has 6 heteroatoms. The summed E-state index contributed by atoms with van der Waals surface area (Å²) in [6.45, 7) is 6.78. The van der Waals surface area contributed by atoms with Gasteiger partial charge in [-0.1, -0.05) is 0 Å². The van der Waals surface area contributed by atoms with Crippen molar-refractivity contribution in [2.45, 2.75) is 39.7 Å². The van der Waals surface area contributed by atoms with E-state index in [1.54, 1.807) is 20.8 Å². The van der Waals surface area contributed by atoms with Crippen LogP contribution in [0.1, 0.15) is 34.1 Å². The van der Waals surface area contributed by atoms with E-state index in [-0.39, 0.29) is 25.1 Å². The number of carboxylic acid groups (broad SMARTS) is 1.